The zero-order chi connectivity index (χ0) is 19.2. The van der Waals surface area contributed by atoms with Crippen LogP contribution in [0.1, 0.15) is 29.5 Å². The van der Waals surface area contributed by atoms with Crippen LogP contribution in [0.2, 0.25) is 5.02 Å². The largest absolute Gasteiger partial charge is 0.355 e. The van der Waals surface area contributed by atoms with Gasteiger partial charge in [-0.1, -0.05) is 23.7 Å². The van der Waals surface area contributed by atoms with E-state index in [1.54, 1.807) is 12.1 Å². The number of rotatable bonds is 7. The van der Waals surface area contributed by atoms with Crippen molar-refractivity contribution in [3.05, 3.63) is 58.1 Å². The van der Waals surface area contributed by atoms with Crippen LogP contribution < -0.4 is 10.6 Å². The SMILES string of the molecule is Cc1ccc(NC(=O)CCNC(=O)CSc2ccc3c(c2)CCC3)c(Cl)c1. The summed E-state index contributed by atoms with van der Waals surface area (Å²) < 4.78 is 0. The van der Waals surface area contributed by atoms with Crippen molar-refractivity contribution in [3.63, 3.8) is 0 Å². The predicted octanol–water partition coefficient (Wildman–Crippen LogP) is 4.37. The summed E-state index contributed by atoms with van der Waals surface area (Å²) in [7, 11) is 0. The zero-order valence-electron chi connectivity index (χ0n) is 15.3. The van der Waals surface area contributed by atoms with Gasteiger partial charge in [0.25, 0.3) is 0 Å². The van der Waals surface area contributed by atoms with Crippen LogP contribution in [0.15, 0.2) is 41.3 Å². The van der Waals surface area contributed by atoms with Crippen molar-refractivity contribution in [1.29, 1.82) is 0 Å². The topological polar surface area (TPSA) is 58.2 Å². The highest BCUT2D eigenvalue weighted by molar-refractivity contribution is 8.00. The Morgan fingerprint density at radius 2 is 1.89 bits per heavy atom. The molecule has 0 aromatic heterocycles. The Morgan fingerprint density at radius 1 is 1.07 bits per heavy atom. The summed E-state index contributed by atoms with van der Waals surface area (Å²) in [6.07, 6.45) is 3.73. The Balaban J connectivity index is 1.37. The smallest absolute Gasteiger partial charge is 0.230 e. The van der Waals surface area contributed by atoms with E-state index in [0.717, 1.165) is 23.3 Å². The second-order valence-corrected chi connectivity index (χ2v) is 8.16. The van der Waals surface area contributed by atoms with Crippen molar-refractivity contribution in [2.75, 3.05) is 17.6 Å². The highest BCUT2D eigenvalue weighted by Gasteiger charge is 2.12. The molecule has 0 heterocycles. The Hall–Kier alpha value is -1.98. The number of nitrogens with one attached hydrogen (secondary N) is 2. The molecule has 0 fully saturated rings. The van der Waals surface area contributed by atoms with E-state index in [-0.39, 0.29) is 18.2 Å². The second-order valence-electron chi connectivity index (χ2n) is 6.70. The molecule has 4 nitrogen and oxygen atoms in total. The summed E-state index contributed by atoms with van der Waals surface area (Å²) in [6.45, 7) is 2.24. The maximum atomic E-state index is 12.0. The molecule has 2 aromatic carbocycles. The fraction of sp³-hybridized carbons (Fsp3) is 0.333. The lowest BCUT2D eigenvalue weighted by molar-refractivity contribution is -0.119. The molecule has 0 radical (unpaired) electrons. The van der Waals surface area contributed by atoms with Gasteiger partial charge in [-0.15, -0.1) is 11.8 Å². The summed E-state index contributed by atoms with van der Waals surface area (Å²) in [6, 6.07) is 11.9. The van der Waals surface area contributed by atoms with Gasteiger partial charge in [0.2, 0.25) is 11.8 Å². The molecule has 2 aromatic rings. The molecule has 3 rings (SSSR count). The molecule has 0 spiro atoms. The number of carbonyl (C=O) groups excluding carboxylic acids is 2. The van der Waals surface area contributed by atoms with Gasteiger partial charge in [0.1, 0.15) is 0 Å². The molecule has 27 heavy (non-hydrogen) atoms. The van der Waals surface area contributed by atoms with Crippen molar-refractivity contribution in [2.24, 2.45) is 0 Å². The Morgan fingerprint density at radius 3 is 2.70 bits per heavy atom. The molecule has 0 bridgehead atoms. The molecule has 0 saturated carbocycles. The van der Waals surface area contributed by atoms with E-state index < -0.39 is 0 Å². The van der Waals surface area contributed by atoms with Gasteiger partial charge in [0.05, 0.1) is 16.5 Å². The molecule has 142 valence electrons. The van der Waals surface area contributed by atoms with Crippen LogP contribution in [0.5, 0.6) is 0 Å². The molecule has 6 heteroatoms. The lowest BCUT2D eigenvalue weighted by Crippen LogP contribution is -2.29. The molecular weight excluding hydrogens is 380 g/mol. The molecule has 0 atom stereocenters. The molecule has 0 aliphatic heterocycles. The van der Waals surface area contributed by atoms with Crippen LogP contribution in [-0.4, -0.2) is 24.1 Å². The maximum absolute atomic E-state index is 12.0. The van der Waals surface area contributed by atoms with Gasteiger partial charge in [0.15, 0.2) is 0 Å². The minimum atomic E-state index is -0.174. The average molecular weight is 403 g/mol. The highest BCUT2D eigenvalue weighted by atomic mass is 35.5. The number of hydrogen-bond donors (Lipinski definition) is 2. The number of anilines is 1. The molecule has 2 amide bonds. The maximum Gasteiger partial charge on any atom is 0.230 e. The fourth-order valence-corrected chi connectivity index (χ4v) is 4.16. The third kappa shape index (κ3) is 5.75. The zero-order valence-corrected chi connectivity index (χ0v) is 16.9. The molecule has 2 N–H and O–H groups in total. The molecule has 0 saturated heterocycles. The van der Waals surface area contributed by atoms with Crippen LogP contribution in [0.4, 0.5) is 5.69 Å². The average Bonchev–Trinajstić information content (AvgIpc) is 3.10. The van der Waals surface area contributed by atoms with E-state index in [1.807, 2.05) is 13.0 Å². The predicted molar refractivity (Wildman–Crippen MR) is 112 cm³/mol. The summed E-state index contributed by atoms with van der Waals surface area (Å²) in [5.41, 5.74) is 4.47. The first-order chi connectivity index (χ1) is 13.0. The lowest BCUT2D eigenvalue weighted by Gasteiger charge is -2.09. The minimum Gasteiger partial charge on any atom is -0.355 e. The van der Waals surface area contributed by atoms with Gasteiger partial charge in [0, 0.05) is 17.9 Å². The van der Waals surface area contributed by atoms with Gasteiger partial charge in [-0.05, 0) is 67.1 Å². The van der Waals surface area contributed by atoms with E-state index in [1.165, 1.54) is 29.3 Å². The summed E-state index contributed by atoms with van der Waals surface area (Å²) in [5.74, 6) is 0.110. The first kappa shape index (κ1) is 19.8. The Bertz CT molecular complexity index is 854. The van der Waals surface area contributed by atoms with Crippen LogP contribution in [-0.2, 0) is 22.4 Å². The van der Waals surface area contributed by atoms with Crippen LogP contribution in [0.3, 0.4) is 0 Å². The quantitative estimate of drug-likeness (QED) is 0.676. The number of amides is 2. The van der Waals surface area contributed by atoms with Gasteiger partial charge < -0.3 is 10.6 Å². The Labute approximate surface area is 169 Å². The lowest BCUT2D eigenvalue weighted by atomic mass is 10.1. The molecule has 0 unspecified atom stereocenters. The number of carbonyl (C=O) groups is 2. The van der Waals surface area contributed by atoms with Crippen molar-refractivity contribution in [2.45, 2.75) is 37.5 Å². The number of aryl methyl sites for hydroxylation is 3. The number of thioether (sulfide) groups is 1. The second kappa shape index (κ2) is 9.29. The van der Waals surface area contributed by atoms with Gasteiger partial charge in [-0.25, -0.2) is 0 Å². The number of hydrogen-bond acceptors (Lipinski definition) is 3. The molecule has 1 aliphatic carbocycles. The van der Waals surface area contributed by atoms with E-state index in [9.17, 15) is 9.59 Å². The van der Waals surface area contributed by atoms with Crippen LogP contribution in [0, 0.1) is 6.92 Å². The van der Waals surface area contributed by atoms with Crippen molar-refractivity contribution in [1.82, 2.24) is 5.32 Å². The standard InChI is InChI=1S/C21H23ClN2O2S/c1-14-5-8-19(18(22)11-14)24-20(25)9-10-23-21(26)13-27-17-7-6-15-3-2-4-16(15)12-17/h5-8,11-12H,2-4,9-10,13H2,1H3,(H,23,26)(H,24,25). The third-order valence-electron chi connectivity index (χ3n) is 4.51. The number of fused-ring (bicyclic) bond motifs is 1. The van der Waals surface area contributed by atoms with Crippen molar-refractivity contribution < 1.29 is 9.59 Å². The third-order valence-corrected chi connectivity index (χ3v) is 5.82. The molecular formula is C21H23ClN2O2S. The number of benzene rings is 2. The number of halogens is 1. The van der Waals surface area contributed by atoms with Gasteiger partial charge >= 0.3 is 0 Å². The van der Waals surface area contributed by atoms with E-state index in [2.05, 4.69) is 28.8 Å². The fourth-order valence-electron chi connectivity index (χ4n) is 3.09. The van der Waals surface area contributed by atoms with Gasteiger partial charge in [-0.2, -0.15) is 0 Å². The summed E-state index contributed by atoms with van der Waals surface area (Å²) in [4.78, 5) is 25.1. The summed E-state index contributed by atoms with van der Waals surface area (Å²) in [5, 5.41) is 6.07. The van der Waals surface area contributed by atoms with E-state index >= 15 is 0 Å². The van der Waals surface area contributed by atoms with Gasteiger partial charge in [-0.3, -0.25) is 9.59 Å². The Kier molecular flexibility index (Phi) is 6.80. The van der Waals surface area contributed by atoms with Crippen molar-refractivity contribution in [3.8, 4) is 0 Å². The minimum absolute atomic E-state index is 0.0679. The highest BCUT2D eigenvalue weighted by Crippen LogP contribution is 2.27. The monoisotopic (exact) mass is 402 g/mol. The normalized spacial score (nSPS) is 12.5. The van der Waals surface area contributed by atoms with Crippen molar-refractivity contribution >= 4 is 40.9 Å². The van der Waals surface area contributed by atoms with Crippen LogP contribution in [0.25, 0.3) is 0 Å². The van der Waals surface area contributed by atoms with E-state index in [0.29, 0.717) is 23.0 Å². The summed E-state index contributed by atoms with van der Waals surface area (Å²) >= 11 is 7.63. The first-order valence-electron chi connectivity index (χ1n) is 9.08. The molecule has 1 aliphatic rings. The first-order valence-corrected chi connectivity index (χ1v) is 10.4. The van der Waals surface area contributed by atoms with Crippen LogP contribution >= 0.6 is 23.4 Å². The van der Waals surface area contributed by atoms with E-state index in [4.69, 9.17) is 11.6 Å².